The zero-order valence-corrected chi connectivity index (χ0v) is 17.3. The lowest BCUT2D eigenvalue weighted by atomic mass is 9.95. The van der Waals surface area contributed by atoms with Crippen LogP contribution < -0.4 is 10.6 Å². The minimum Gasteiger partial charge on any atom is -0.379 e. The molecule has 0 saturated carbocycles. The lowest BCUT2D eigenvalue weighted by molar-refractivity contribution is -0.0123. The molecule has 8 heteroatoms. The van der Waals surface area contributed by atoms with Crippen molar-refractivity contribution in [3.63, 3.8) is 0 Å². The maximum atomic E-state index is 12.3. The molecule has 24 heavy (non-hydrogen) atoms. The average Bonchev–Trinajstić information content (AvgIpc) is 3.07. The van der Waals surface area contributed by atoms with Crippen molar-refractivity contribution < 1.29 is 9.53 Å². The average molecular weight is 479 g/mol. The molecule has 2 N–H and O–H groups in total. The number of benzene rings is 1. The molecule has 1 aromatic rings. The first kappa shape index (κ1) is 18.5. The summed E-state index contributed by atoms with van der Waals surface area (Å²) in [5.74, 6) is 2.22. The van der Waals surface area contributed by atoms with Crippen LogP contribution in [0.15, 0.2) is 27.1 Å². The van der Waals surface area contributed by atoms with Gasteiger partial charge in [0.1, 0.15) is 0 Å². The van der Waals surface area contributed by atoms with Gasteiger partial charge in [-0.05, 0) is 46.3 Å². The van der Waals surface area contributed by atoms with Crippen LogP contribution in [0, 0.1) is 0 Å². The Kier molecular flexibility index (Phi) is 6.48. The van der Waals surface area contributed by atoms with E-state index in [0.717, 1.165) is 58.9 Å². The third-order valence-electron chi connectivity index (χ3n) is 4.52. The third-order valence-corrected chi connectivity index (χ3v) is 6.91. The zero-order chi connectivity index (χ0) is 17.0. The molecule has 2 fully saturated rings. The minimum atomic E-state index is -0.164. The lowest BCUT2D eigenvalue weighted by Crippen LogP contribution is -2.59. The van der Waals surface area contributed by atoms with Crippen LogP contribution in [0.5, 0.6) is 0 Å². The Morgan fingerprint density at radius 3 is 2.79 bits per heavy atom. The highest BCUT2D eigenvalue weighted by Crippen LogP contribution is 2.33. The first-order valence-electron chi connectivity index (χ1n) is 8.00. The molecule has 3 rings (SSSR count). The number of carbonyl (C=O) groups excluding carboxylic acids is 1. The van der Waals surface area contributed by atoms with Crippen LogP contribution in [0.25, 0.3) is 0 Å². The molecule has 0 bridgehead atoms. The fraction of sp³-hybridized carbons (Fsp3) is 0.562. The van der Waals surface area contributed by atoms with Crippen molar-refractivity contribution in [1.29, 1.82) is 0 Å². The Hall–Kier alpha value is -0.280. The lowest BCUT2D eigenvalue weighted by Gasteiger charge is -2.43. The number of carbonyl (C=O) groups is 1. The Labute approximate surface area is 163 Å². The SMILES string of the molecule is O=C(NCC1(N2CCOCC2)CCSC1)Nc1ccc(Br)cc1Br. The summed E-state index contributed by atoms with van der Waals surface area (Å²) >= 11 is 8.85. The van der Waals surface area contributed by atoms with Gasteiger partial charge in [-0.3, -0.25) is 4.90 Å². The van der Waals surface area contributed by atoms with Crippen molar-refractivity contribution in [1.82, 2.24) is 10.2 Å². The van der Waals surface area contributed by atoms with Gasteiger partial charge in [0.05, 0.1) is 18.9 Å². The van der Waals surface area contributed by atoms with Crippen molar-refractivity contribution in [3.8, 4) is 0 Å². The minimum absolute atomic E-state index is 0.0583. The van der Waals surface area contributed by atoms with Crippen LogP contribution in [0.1, 0.15) is 6.42 Å². The summed E-state index contributed by atoms with van der Waals surface area (Å²) in [6, 6.07) is 5.53. The highest BCUT2D eigenvalue weighted by atomic mass is 79.9. The molecule has 2 aliphatic rings. The number of amides is 2. The Balaban J connectivity index is 1.59. The van der Waals surface area contributed by atoms with Crippen LogP contribution in [-0.4, -0.2) is 60.8 Å². The van der Waals surface area contributed by atoms with Gasteiger partial charge >= 0.3 is 6.03 Å². The van der Waals surface area contributed by atoms with Gasteiger partial charge in [-0.1, -0.05) is 15.9 Å². The molecule has 1 unspecified atom stereocenters. The number of nitrogens with one attached hydrogen (secondary N) is 2. The summed E-state index contributed by atoms with van der Waals surface area (Å²) in [6.45, 7) is 4.12. The van der Waals surface area contributed by atoms with Gasteiger partial charge in [0.2, 0.25) is 0 Å². The second kappa shape index (κ2) is 8.40. The third kappa shape index (κ3) is 4.46. The van der Waals surface area contributed by atoms with E-state index >= 15 is 0 Å². The number of morpholine rings is 1. The van der Waals surface area contributed by atoms with E-state index in [1.807, 2.05) is 30.0 Å². The van der Waals surface area contributed by atoms with E-state index in [1.54, 1.807) is 0 Å². The molecule has 0 radical (unpaired) electrons. The van der Waals surface area contributed by atoms with Gasteiger partial charge in [0.25, 0.3) is 0 Å². The number of halogens is 2. The number of anilines is 1. The number of nitrogens with zero attached hydrogens (tertiary/aromatic N) is 1. The number of hydrogen-bond donors (Lipinski definition) is 2. The van der Waals surface area contributed by atoms with Gasteiger partial charge in [0.15, 0.2) is 0 Å². The first-order valence-corrected chi connectivity index (χ1v) is 10.7. The van der Waals surface area contributed by atoms with E-state index in [9.17, 15) is 4.79 Å². The normalized spacial score (nSPS) is 24.8. The summed E-state index contributed by atoms with van der Waals surface area (Å²) < 4.78 is 7.29. The summed E-state index contributed by atoms with van der Waals surface area (Å²) in [6.07, 6.45) is 1.11. The van der Waals surface area contributed by atoms with Crippen molar-refractivity contribution in [2.75, 3.05) is 49.7 Å². The van der Waals surface area contributed by atoms with Gasteiger partial charge < -0.3 is 15.4 Å². The smallest absolute Gasteiger partial charge is 0.319 e. The Morgan fingerprint density at radius 2 is 2.12 bits per heavy atom. The fourth-order valence-corrected chi connectivity index (χ4v) is 5.76. The van der Waals surface area contributed by atoms with E-state index in [1.165, 1.54) is 0 Å². The highest BCUT2D eigenvalue weighted by molar-refractivity contribution is 9.11. The summed E-state index contributed by atoms with van der Waals surface area (Å²) in [5.41, 5.74) is 0.819. The van der Waals surface area contributed by atoms with Crippen molar-refractivity contribution in [3.05, 3.63) is 27.1 Å². The molecule has 0 aliphatic carbocycles. The van der Waals surface area contributed by atoms with E-state index in [-0.39, 0.29) is 11.6 Å². The predicted molar refractivity (Wildman–Crippen MR) is 106 cm³/mol. The topological polar surface area (TPSA) is 53.6 Å². The summed E-state index contributed by atoms with van der Waals surface area (Å²) in [4.78, 5) is 14.8. The first-order chi connectivity index (χ1) is 11.6. The maximum absolute atomic E-state index is 12.3. The van der Waals surface area contributed by atoms with Gasteiger partial charge in [-0.25, -0.2) is 4.79 Å². The molecule has 2 amide bonds. The molecular weight excluding hydrogens is 458 g/mol. The van der Waals surface area contributed by atoms with Crippen LogP contribution in [0.3, 0.4) is 0 Å². The quantitative estimate of drug-likeness (QED) is 0.694. The fourth-order valence-electron chi connectivity index (χ4n) is 3.14. The van der Waals surface area contributed by atoms with Crippen LogP contribution >= 0.6 is 43.6 Å². The molecular formula is C16H21Br2N3O2S. The second-order valence-corrected chi connectivity index (χ2v) is 8.93. The largest absolute Gasteiger partial charge is 0.379 e. The van der Waals surface area contributed by atoms with E-state index in [0.29, 0.717) is 6.54 Å². The van der Waals surface area contributed by atoms with Crippen LogP contribution in [-0.2, 0) is 4.74 Å². The van der Waals surface area contributed by atoms with Gasteiger partial charge in [-0.2, -0.15) is 11.8 Å². The molecule has 132 valence electrons. The molecule has 0 aromatic heterocycles. The number of urea groups is 1. The second-order valence-electron chi connectivity index (χ2n) is 6.06. The maximum Gasteiger partial charge on any atom is 0.319 e. The van der Waals surface area contributed by atoms with E-state index < -0.39 is 0 Å². The molecule has 0 spiro atoms. The zero-order valence-electron chi connectivity index (χ0n) is 13.3. The van der Waals surface area contributed by atoms with Gasteiger partial charge in [-0.15, -0.1) is 0 Å². The molecule has 2 saturated heterocycles. The van der Waals surface area contributed by atoms with Crippen molar-refractivity contribution in [2.45, 2.75) is 12.0 Å². The molecule has 1 atom stereocenters. The Bertz CT molecular complexity index is 591. The molecule has 2 heterocycles. The number of rotatable bonds is 4. The standard InChI is InChI=1S/C16H21Br2N3O2S/c17-12-1-2-14(13(18)9-12)20-15(22)19-10-16(3-8-24-11-16)21-4-6-23-7-5-21/h1-2,9H,3-8,10-11H2,(H2,19,20,22). The number of hydrogen-bond acceptors (Lipinski definition) is 4. The number of thioether (sulfide) groups is 1. The van der Waals surface area contributed by atoms with E-state index in [2.05, 4.69) is 47.4 Å². The van der Waals surface area contributed by atoms with E-state index in [4.69, 9.17) is 4.74 Å². The summed E-state index contributed by atoms with van der Waals surface area (Å²) in [7, 11) is 0. The monoisotopic (exact) mass is 477 g/mol. The molecule has 1 aromatic carbocycles. The van der Waals surface area contributed by atoms with Crippen LogP contribution in [0.4, 0.5) is 10.5 Å². The van der Waals surface area contributed by atoms with Crippen LogP contribution in [0.2, 0.25) is 0 Å². The molecule has 5 nitrogen and oxygen atoms in total. The summed E-state index contributed by atoms with van der Waals surface area (Å²) in [5, 5.41) is 5.99. The highest BCUT2D eigenvalue weighted by Gasteiger charge is 2.40. The molecule has 2 aliphatic heterocycles. The number of ether oxygens (including phenoxy) is 1. The Morgan fingerprint density at radius 1 is 1.33 bits per heavy atom. The van der Waals surface area contributed by atoms with Crippen molar-refractivity contribution >= 4 is 55.3 Å². The van der Waals surface area contributed by atoms with Gasteiger partial charge in [0, 0.05) is 39.9 Å². The predicted octanol–water partition coefficient (Wildman–Crippen LogP) is 3.54. The van der Waals surface area contributed by atoms with Crippen molar-refractivity contribution in [2.24, 2.45) is 0 Å².